The summed E-state index contributed by atoms with van der Waals surface area (Å²) >= 11 is 5.51. The molecule has 0 atom stereocenters. The van der Waals surface area contributed by atoms with Crippen molar-refractivity contribution < 1.29 is 14.4 Å². The molecule has 12 heteroatoms. The van der Waals surface area contributed by atoms with Crippen molar-refractivity contribution in [2.45, 2.75) is 17.0 Å². The fraction of sp³-hybridized carbons (Fsp3) is 0.115. The Bertz CT molecular complexity index is 1400. The van der Waals surface area contributed by atoms with E-state index in [4.69, 9.17) is 0 Å². The lowest BCUT2D eigenvalue weighted by Gasteiger charge is -2.11. The predicted molar refractivity (Wildman–Crippen MR) is 157 cm³/mol. The van der Waals surface area contributed by atoms with Crippen LogP contribution >= 0.6 is 46.4 Å². The second-order valence-corrected chi connectivity index (χ2v) is 11.5. The third-order valence-corrected chi connectivity index (χ3v) is 8.07. The maximum atomic E-state index is 13.1. The lowest BCUT2D eigenvalue weighted by atomic mass is 10.2. The zero-order valence-corrected chi connectivity index (χ0v) is 23.4. The van der Waals surface area contributed by atoms with Gasteiger partial charge in [0, 0.05) is 32.6 Å². The zero-order valence-electron chi connectivity index (χ0n) is 20.2. The Kier molecular flexibility index (Phi) is 10.1. The number of carbonyl (C=O) groups is 3. The molecule has 0 bridgehead atoms. The van der Waals surface area contributed by atoms with Crippen molar-refractivity contribution in [2.24, 2.45) is 0 Å². The molecular weight excluding hydrogens is 559 g/mol. The van der Waals surface area contributed by atoms with Gasteiger partial charge in [-0.05, 0) is 59.7 Å². The average molecular weight is 582 g/mol. The number of rotatable bonds is 11. The number of benzene rings is 2. The fourth-order valence-electron chi connectivity index (χ4n) is 3.04. The number of nitrogens with zero attached hydrogens (tertiary/aromatic N) is 2. The molecule has 0 aliphatic rings. The fourth-order valence-corrected chi connectivity index (χ4v) is 5.69. The van der Waals surface area contributed by atoms with Crippen molar-refractivity contribution >= 4 is 81.0 Å². The Morgan fingerprint density at radius 1 is 0.947 bits per heavy atom. The Balaban J connectivity index is 1.34. The van der Waals surface area contributed by atoms with Crippen LogP contribution in [0.15, 0.2) is 87.9 Å². The minimum atomic E-state index is -0.444. The summed E-state index contributed by atoms with van der Waals surface area (Å²) in [4.78, 5) is 44.0. The van der Waals surface area contributed by atoms with E-state index in [1.165, 1.54) is 34.9 Å². The molecule has 4 rings (SSSR count). The van der Waals surface area contributed by atoms with Crippen LogP contribution in [0.2, 0.25) is 0 Å². The van der Waals surface area contributed by atoms with Crippen LogP contribution in [0.1, 0.15) is 22.2 Å². The van der Waals surface area contributed by atoms with Crippen LogP contribution in [0.25, 0.3) is 6.08 Å². The topological polar surface area (TPSA) is 113 Å². The Hall–Kier alpha value is -3.45. The van der Waals surface area contributed by atoms with Crippen molar-refractivity contribution in [3.8, 4) is 0 Å². The highest BCUT2D eigenvalue weighted by atomic mass is 32.2. The van der Waals surface area contributed by atoms with Gasteiger partial charge in [-0.1, -0.05) is 43.0 Å². The van der Waals surface area contributed by atoms with Crippen molar-refractivity contribution in [2.75, 3.05) is 22.1 Å². The summed E-state index contributed by atoms with van der Waals surface area (Å²) in [6.07, 6.45) is 1.64. The summed E-state index contributed by atoms with van der Waals surface area (Å²) in [6, 6.07) is 19.6. The van der Waals surface area contributed by atoms with Crippen LogP contribution in [-0.2, 0) is 9.59 Å². The monoisotopic (exact) mass is 581 g/mol. The van der Waals surface area contributed by atoms with Gasteiger partial charge in [0.25, 0.3) is 11.8 Å². The molecule has 2 heterocycles. The van der Waals surface area contributed by atoms with Gasteiger partial charge in [-0.3, -0.25) is 19.7 Å². The quantitative estimate of drug-likeness (QED) is 0.150. The maximum Gasteiger partial charge on any atom is 0.272 e. The van der Waals surface area contributed by atoms with Crippen LogP contribution in [0.3, 0.4) is 0 Å². The van der Waals surface area contributed by atoms with Crippen LogP contribution in [0.5, 0.6) is 0 Å². The molecule has 0 fully saturated rings. The van der Waals surface area contributed by atoms with Crippen molar-refractivity contribution in [1.29, 1.82) is 0 Å². The van der Waals surface area contributed by atoms with E-state index in [0.717, 1.165) is 27.1 Å². The van der Waals surface area contributed by atoms with E-state index in [9.17, 15) is 14.4 Å². The summed E-state index contributed by atoms with van der Waals surface area (Å²) in [5, 5.41) is 11.3. The molecule has 2 aromatic carbocycles. The first-order chi connectivity index (χ1) is 18.5. The minimum Gasteiger partial charge on any atom is -0.321 e. The van der Waals surface area contributed by atoms with Gasteiger partial charge in [0.2, 0.25) is 16.2 Å². The van der Waals surface area contributed by atoms with Gasteiger partial charge < -0.3 is 10.6 Å². The molecule has 8 nitrogen and oxygen atoms in total. The first-order valence-electron chi connectivity index (χ1n) is 11.4. The Morgan fingerprint density at radius 3 is 2.45 bits per heavy atom. The number of hydrogen-bond acceptors (Lipinski definition) is 9. The van der Waals surface area contributed by atoms with E-state index in [2.05, 4.69) is 25.3 Å². The molecule has 38 heavy (non-hydrogen) atoms. The highest BCUT2D eigenvalue weighted by molar-refractivity contribution is 8.00. The van der Waals surface area contributed by atoms with E-state index >= 15 is 0 Å². The second kappa shape index (κ2) is 13.9. The molecule has 0 saturated heterocycles. The normalized spacial score (nSPS) is 11.1. The summed E-state index contributed by atoms with van der Waals surface area (Å²) in [6.45, 7) is 2.02. The van der Waals surface area contributed by atoms with Crippen LogP contribution in [-0.4, -0.2) is 38.6 Å². The van der Waals surface area contributed by atoms with Gasteiger partial charge in [-0.2, -0.15) is 9.36 Å². The van der Waals surface area contributed by atoms with E-state index < -0.39 is 5.91 Å². The summed E-state index contributed by atoms with van der Waals surface area (Å²) in [5.41, 5.74) is 1.15. The molecule has 0 saturated carbocycles. The number of thiophene rings is 1. The van der Waals surface area contributed by atoms with Crippen LogP contribution < -0.4 is 16.0 Å². The molecule has 0 spiro atoms. The van der Waals surface area contributed by atoms with E-state index in [1.54, 1.807) is 42.5 Å². The van der Waals surface area contributed by atoms with Crippen molar-refractivity contribution in [3.63, 3.8) is 0 Å². The first-order valence-corrected chi connectivity index (χ1v) is 15.0. The first kappa shape index (κ1) is 27.6. The Labute approximate surface area is 236 Å². The van der Waals surface area contributed by atoms with E-state index in [1.807, 2.05) is 42.6 Å². The molecule has 0 unspecified atom stereocenters. The predicted octanol–water partition coefficient (Wildman–Crippen LogP) is 5.85. The third-order valence-electron chi connectivity index (χ3n) is 4.77. The molecule has 0 radical (unpaired) electrons. The summed E-state index contributed by atoms with van der Waals surface area (Å²) in [7, 11) is 0. The van der Waals surface area contributed by atoms with E-state index in [-0.39, 0.29) is 23.3 Å². The van der Waals surface area contributed by atoms with Crippen LogP contribution in [0, 0.1) is 0 Å². The molecule has 4 aromatic rings. The minimum absolute atomic E-state index is 0.133. The molecule has 3 N–H and O–H groups in total. The lowest BCUT2D eigenvalue weighted by molar-refractivity contribution is -0.114. The molecule has 2 aromatic heterocycles. The van der Waals surface area contributed by atoms with Crippen molar-refractivity contribution in [1.82, 2.24) is 14.7 Å². The van der Waals surface area contributed by atoms with Gasteiger partial charge in [0.1, 0.15) is 5.70 Å². The molecule has 194 valence electrons. The molecule has 0 aliphatic carbocycles. The smallest absolute Gasteiger partial charge is 0.272 e. The van der Waals surface area contributed by atoms with Gasteiger partial charge in [0.05, 0.1) is 5.75 Å². The molecule has 3 amide bonds. The number of thioether (sulfide) groups is 2. The summed E-state index contributed by atoms with van der Waals surface area (Å²) in [5.74, 6) is 0.0859. The van der Waals surface area contributed by atoms with Crippen molar-refractivity contribution in [3.05, 3.63) is 88.2 Å². The highest BCUT2D eigenvalue weighted by Gasteiger charge is 2.15. The lowest BCUT2D eigenvalue weighted by Crippen LogP contribution is -2.30. The third kappa shape index (κ3) is 8.28. The number of anilines is 2. The average Bonchev–Trinajstić information content (AvgIpc) is 3.61. The number of carbonyl (C=O) groups excluding carboxylic acids is 3. The highest BCUT2D eigenvalue weighted by Crippen LogP contribution is 2.23. The number of amides is 3. The second-order valence-electron chi connectivity index (χ2n) is 7.52. The zero-order chi connectivity index (χ0) is 26.7. The van der Waals surface area contributed by atoms with Gasteiger partial charge in [-0.25, -0.2) is 0 Å². The standard InChI is InChI=1S/C26H23N5O3S4/c1-2-35-26-30-25(38-31-26)29-22(32)16-37-19-12-10-18(11-13-19)27-24(34)21(15-20-9-6-14-36-20)28-23(33)17-7-4-3-5-8-17/h3-15H,2,16H2,1H3,(H,27,34)(H,28,33)(H,29,30,31,32)/b21-15-. The van der Waals surface area contributed by atoms with E-state index in [0.29, 0.717) is 21.5 Å². The van der Waals surface area contributed by atoms with Gasteiger partial charge >= 0.3 is 0 Å². The molecule has 0 aliphatic heterocycles. The SMILES string of the molecule is CCSc1nsc(NC(=O)CSc2ccc(NC(=O)/C(=C/c3cccs3)NC(=O)c3ccccc3)cc2)n1. The Morgan fingerprint density at radius 2 is 1.74 bits per heavy atom. The summed E-state index contributed by atoms with van der Waals surface area (Å²) < 4.78 is 4.19. The maximum absolute atomic E-state index is 13.1. The van der Waals surface area contributed by atoms with Crippen LogP contribution in [0.4, 0.5) is 10.8 Å². The van der Waals surface area contributed by atoms with Gasteiger partial charge in [-0.15, -0.1) is 23.1 Å². The number of nitrogens with one attached hydrogen (secondary N) is 3. The molecular formula is C26H23N5O3S4. The largest absolute Gasteiger partial charge is 0.321 e. The number of aromatic nitrogens is 2. The van der Waals surface area contributed by atoms with Gasteiger partial charge in [0.15, 0.2) is 0 Å². The number of hydrogen-bond donors (Lipinski definition) is 3.